The fourth-order valence-corrected chi connectivity index (χ4v) is 4.29. The summed E-state index contributed by atoms with van der Waals surface area (Å²) in [5, 5.41) is 11.1. The van der Waals surface area contributed by atoms with E-state index in [9.17, 15) is 27.6 Å². The van der Waals surface area contributed by atoms with Crippen molar-refractivity contribution in [1.29, 1.82) is 0 Å². The van der Waals surface area contributed by atoms with Crippen molar-refractivity contribution < 1.29 is 27.5 Å². The number of fused-ring (bicyclic) bond motifs is 1. The summed E-state index contributed by atoms with van der Waals surface area (Å²) >= 11 is 0.996. The van der Waals surface area contributed by atoms with Gasteiger partial charge in [-0.3, -0.25) is 10.1 Å². The van der Waals surface area contributed by atoms with Gasteiger partial charge < -0.3 is 10.1 Å². The van der Waals surface area contributed by atoms with E-state index in [2.05, 4.69) is 15.7 Å². The second-order valence-corrected chi connectivity index (χ2v) is 8.51. The van der Waals surface area contributed by atoms with E-state index in [1.807, 2.05) is 19.1 Å². The molecule has 2 N–H and O–H groups in total. The van der Waals surface area contributed by atoms with E-state index in [0.29, 0.717) is 5.69 Å². The van der Waals surface area contributed by atoms with Gasteiger partial charge in [0.2, 0.25) is 0 Å². The van der Waals surface area contributed by atoms with Crippen molar-refractivity contribution in [3.63, 3.8) is 0 Å². The van der Waals surface area contributed by atoms with Crippen LogP contribution in [0.2, 0.25) is 0 Å². The zero-order valence-electron chi connectivity index (χ0n) is 19.0. The number of thiophene rings is 1. The number of amides is 2. The van der Waals surface area contributed by atoms with Gasteiger partial charge in [-0.1, -0.05) is 17.7 Å². The molecular formula is C24H19F3N4O4S. The van der Waals surface area contributed by atoms with Crippen molar-refractivity contribution in [2.75, 3.05) is 17.2 Å². The number of alkyl halides is 3. The maximum atomic E-state index is 13.4. The Bertz CT molecular complexity index is 1490. The number of carbonyl (C=O) groups excluding carboxylic acids is 2. The molecule has 0 unspecified atom stereocenters. The standard InChI is InChI=1S/C24H19F3N4O4S/c1-3-35-22(33)19-17-12-36-20(29-23(34)28-15-8-4-13(2)5-9-15)18(17)21(32)31(30-19)16-10-6-14(7-11-16)24(25,26)27/h4-12H,3H2,1-2H3,(H2,28,29,34). The van der Waals surface area contributed by atoms with Crippen LogP contribution in [0.15, 0.2) is 58.7 Å². The van der Waals surface area contributed by atoms with Crippen LogP contribution in [0.5, 0.6) is 0 Å². The van der Waals surface area contributed by atoms with Gasteiger partial charge in [0.25, 0.3) is 5.56 Å². The number of ether oxygens (including phenoxy) is 1. The molecule has 0 saturated heterocycles. The topological polar surface area (TPSA) is 102 Å². The number of aryl methyl sites for hydroxylation is 1. The number of hydrogen-bond acceptors (Lipinski definition) is 6. The van der Waals surface area contributed by atoms with E-state index >= 15 is 0 Å². The molecule has 0 spiro atoms. The molecule has 4 aromatic rings. The van der Waals surface area contributed by atoms with Gasteiger partial charge in [0.05, 0.1) is 23.2 Å². The highest BCUT2D eigenvalue weighted by Gasteiger charge is 2.30. The number of nitrogens with one attached hydrogen (secondary N) is 2. The SMILES string of the molecule is CCOC(=O)c1nn(-c2ccc(C(F)(F)F)cc2)c(=O)c2c(NC(=O)Nc3ccc(C)cc3)scc12. The zero-order valence-corrected chi connectivity index (χ0v) is 19.8. The molecule has 2 aromatic heterocycles. The molecule has 0 saturated carbocycles. The molecule has 4 rings (SSSR count). The molecule has 0 bridgehead atoms. The first-order valence-electron chi connectivity index (χ1n) is 10.6. The molecule has 0 radical (unpaired) electrons. The predicted molar refractivity (Wildman–Crippen MR) is 130 cm³/mol. The van der Waals surface area contributed by atoms with Gasteiger partial charge in [-0.15, -0.1) is 11.3 Å². The van der Waals surface area contributed by atoms with Crippen LogP contribution in [0.4, 0.5) is 28.7 Å². The number of nitrogens with zero attached hydrogens (tertiary/aromatic N) is 2. The number of halogens is 3. The minimum atomic E-state index is -4.56. The highest BCUT2D eigenvalue weighted by Crippen LogP contribution is 2.32. The third-order valence-electron chi connectivity index (χ3n) is 5.10. The third-order valence-corrected chi connectivity index (χ3v) is 5.99. The van der Waals surface area contributed by atoms with Gasteiger partial charge >= 0.3 is 18.2 Å². The van der Waals surface area contributed by atoms with Crippen molar-refractivity contribution in [3.05, 3.63) is 81.1 Å². The Balaban J connectivity index is 1.78. The summed E-state index contributed by atoms with van der Waals surface area (Å²) < 4.78 is 44.8. The molecule has 186 valence electrons. The van der Waals surface area contributed by atoms with Gasteiger partial charge in [-0.25, -0.2) is 9.59 Å². The Labute approximate surface area is 206 Å². The Morgan fingerprint density at radius 3 is 2.33 bits per heavy atom. The Hall–Kier alpha value is -4.19. The summed E-state index contributed by atoms with van der Waals surface area (Å²) in [6.07, 6.45) is -4.56. The predicted octanol–water partition coefficient (Wildman–Crippen LogP) is 5.60. The van der Waals surface area contributed by atoms with E-state index < -0.39 is 29.3 Å². The van der Waals surface area contributed by atoms with Gasteiger partial charge in [-0.2, -0.15) is 23.0 Å². The van der Waals surface area contributed by atoms with Crippen molar-refractivity contribution in [1.82, 2.24) is 9.78 Å². The van der Waals surface area contributed by atoms with Crippen molar-refractivity contribution >= 4 is 44.8 Å². The second kappa shape index (κ2) is 9.82. The Morgan fingerprint density at radius 1 is 1.06 bits per heavy atom. The van der Waals surface area contributed by atoms with E-state index in [4.69, 9.17) is 4.74 Å². The highest BCUT2D eigenvalue weighted by molar-refractivity contribution is 7.16. The summed E-state index contributed by atoms with van der Waals surface area (Å²) in [6, 6.07) is 10.2. The fraction of sp³-hybridized carbons (Fsp3) is 0.167. The van der Waals surface area contributed by atoms with Crippen LogP contribution in [0.25, 0.3) is 16.5 Å². The first-order valence-corrected chi connectivity index (χ1v) is 11.5. The number of urea groups is 1. The second-order valence-electron chi connectivity index (χ2n) is 7.63. The molecule has 0 aliphatic carbocycles. The molecule has 2 heterocycles. The molecule has 2 aromatic carbocycles. The third kappa shape index (κ3) is 5.08. The van der Waals surface area contributed by atoms with Gasteiger partial charge in [0, 0.05) is 16.5 Å². The molecule has 0 fully saturated rings. The maximum absolute atomic E-state index is 13.4. The fourth-order valence-electron chi connectivity index (χ4n) is 3.36. The lowest BCUT2D eigenvalue weighted by atomic mass is 10.2. The average molecular weight is 517 g/mol. The first kappa shape index (κ1) is 24.9. The minimum Gasteiger partial charge on any atom is -0.461 e. The maximum Gasteiger partial charge on any atom is 0.416 e. The van der Waals surface area contributed by atoms with Crippen LogP contribution in [0.3, 0.4) is 0 Å². The van der Waals surface area contributed by atoms with Crippen molar-refractivity contribution in [3.8, 4) is 5.69 Å². The van der Waals surface area contributed by atoms with Crippen LogP contribution < -0.4 is 16.2 Å². The zero-order chi connectivity index (χ0) is 26.0. The van der Waals surface area contributed by atoms with Crippen LogP contribution in [0.1, 0.15) is 28.5 Å². The minimum absolute atomic E-state index is 0.00158. The molecule has 8 nitrogen and oxygen atoms in total. The number of carbonyl (C=O) groups is 2. The van der Waals surface area contributed by atoms with E-state index in [1.165, 1.54) is 5.38 Å². The summed E-state index contributed by atoms with van der Waals surface area (Å²) in [6.45, 7) is 3.53. The Morgan fingerprint density at radius 2 is 1.72 bits per heavy atom. The number of esters is 1. The summed E-state index contributed by atoms with van der Waals surface area (Å²) in [5.74, 6) is -0.823. The normalized spacial score (nSPS) is 11.4. The van der Waals surface area contributed by atoms with Crippen LogP contribution in [0, 0.1) is 6.92 Å². The molecular weight excluding hydrogens is 497 g/mol. The van der Waals surface area contributed by atoms with E-state index in [1.54, 1.807) is 19.1 Å². The van der Waals surface area contributed by atoms with E-state index in [-0.39, 0.29) is 33.8 Å². The molecule has 0 aliphatic heterocycles. The quantitative estimate of drug-likeness (QED) is 0.337. The lowest BCUT2D eigenvalue weighted by Gasteiger charge is -2.11. The molecule has 12 heteroatoms. The lowest BCUT2D eigenvalue weighted by molar-refractivity contribution is -0.137. The van der Waals surface area contributed by atoms with Crippen LogP contribution in [-0.2, 0) is 10.9 Å². The largest absolute Gasteiger partial charge is 0.461 e. The molecule has 0 aliphatic rings. The summed E-state index contributed by atoms with van der Waals surface area (Å²) in [4.78, 5) is 38.5. The monoisotopic (exact) mass is 516 g/mol. The number of aromatic nitrogens is 2. The Kier molecular flexibility index (Phi) is 6.80. The molecule has 2 amide bonds. The smallest absolute Gasteiger partial charge is 0.416 e. The van der Waals surface area contributed by atoms with Crippen molar-refractivity contribution in [2.24, 2.45) is 0 Å². The van der Waals surface area contributed by atoms with Crippen LogP contribution >= 0.6 is 11.3 Å². The van der Waals surface area contributed by atoms with Gasteiger partial charge in [-0.05, 0) is 50.2 Å². The molecule has 36 heavy (non-hydrogen) atoms. The first-order chi connectivity index (χ1) is 17.1. The number of hydrogen-bond donors (Lipinski definition) is 2. The van der Waals surface area contributed by atoms with Gasteiger partial charge in [0.1, 0.15) is 5.00 Å². The van der Waals surface area contributed by atoms with Crippen molar-refractivity contribution in [2.45, 2.75) is 20.0 Å². The lowest BCUT2D eigenvalue weighted by Crippen LogP contribution is -2.26. The summed E-state index contributed by atoms with van der Waals surface area (Å²) in [5.41, 5.74) is -0.319. The summed E-state index contributed by atoms with van der Waals surface area (Å²) in [7, 11) is 0. The van der Waals surface area contributed by atoms with Gasteiger partial charge in [0.15, 0.2) is 5.69 Å². The number of benzene rings is 2. The number of anilines is 2. The van der Waals surface area contributed by atoms with Crippen LogP contribution in [-0.4, -0.2) is 28.4 Å². The molecule has 0 atom stereocenters. The average Bonchev–Trinajstić information content (AvgIpc) is 3.24. The highest BCUT2D eigenvalue weighted by atomic mass is 32.1. The number of rotatable bonds is 5. The van der Waals surface area contributed by atoms with E-state index in [0.717, 1.165) is 45.8 Å².